The van der Waals surface area contributed by atoms with Gasteiger partial charge in [0.25, 0.3) is 11.5 Å². The number of nitrogens with two attached hydrogens (primary N) is 1. The summed E-state index contributed by atoms with van der Waals surface area (Å²) in [4.78, 5) is 36.1. The lowest BCUT2D eigenvalue weighted by atomic mass is 10.1. The highest BCUT2D eigenvalue weighted by Gasteiger charge is 2.44. The molecule has 1 aliphatic rings. The quantitative estimate of drug-likeness (QED) is 0.249. The molecular formula is C12H18N4O10S. The van der Waals surface area contributed by atoms with E-state index >= 15 is 0 Å². The van der Waals surface area contributed by atoms with Gasteiger partial charge in [0.05, 0.1) is 13.2 Å². The molecule has 2 rings (SSSR count). The Morgan fingerprint density at radius 1 is 1.41 bits per heavy atom. The van der Waals surface area contributed by atoms with Gasteiger partial charge in [0.2, 0.25) is 0 Å². The van der Waals surface area contributed by atoms with Gasteiger partial charge in [-0.1, -0.05) is 0 Å². The van der Waals surface area contributed by atoms with Gasteiger partial charge in [0.1, 0.15) is 24.4 Å². The molecular weight excluding hydrogens is 392 g/mol. The Balaban J connectivity index is 2.05. The van der Waals surface area contributed by atoms with E-state index in [1.54, 1.807) is 0 Å². The Labute approximate surface area is 151 Å². The minimum Gasteiger partial charge on any atom is -0.394 e. The summed E-state index contributed by atoms with van der Waals surface area (Å²) in [5, 5.41) is 28.7. The number of nitrogens with zero attached hydrogens (tertiary/aromatic N) is 1. The van der Waals surface area contributed by atoms with Crippen molar-refractivity contribution in [3.63, 3.8) is 0 Å². The first-order valence-electron chi connectivity index (χ1n) is 7.46. The minimum atomic E-state index is -4.64. The zero-order valence-corrected chi connectivity index (χ0v) is 14.4. The van der Waals surface area contributed by atoms with Crippen LogP contribution in [0.15, 0.2) is 21.9 Å². The molecule has 2 heterocycles. The molecule has 152 valence electrons. The van der Waals surface area contributed by atoms with Gasteiger partial charge in [0.15, 0.2) is 6.23 Å². The Morgan fingerprint density at radius 3 is 2.67 bits per heavy atom. The van der Waals surface area contributed by atoms with Crippen molar-refractivity contribution in [1.82, 2.24) is 14.3 Å². The summed E-state index contributed by atoms with van der Waals surface area (Å²) in [5.41, 5.74) is 3.55. The Morgan fingerprint density at radius 2 is 2.07 bits per heavy atom. The molecule has 0 saturated carbocycles. The average molecular weight is 410 g/mol. The van der Waals surface area contributed by atoms with Crippen LogP contribution in [0.3, 0.4) is 0 Å². The van der Waals surface area contributed by atoms with E-state index in [2.05, 4.69) is 4.18 Å². The largest absolute Gasteiger partial charge is 0.394 e. The van der Waals surface area contributed by atoms with Gasteiger partial charge in [-0.2, -0.15) is 8.42 Å². The molecule has 7 N–H and O–H groups in total. The molecule has 15 heteroatoms. The lowest BCUT2D eigenvalue weighted by Crippen LogP contribution is -2.46. The van der Waals surface area contributed by atoms with Crippen molar-refractivity contribution >= 4 is 16.2 Å². The third-order valence-corrected chi connectivity index (χ3v) is 4.51. The summed E-state index contributed by atoms with van der Waals surface area (Å²) in [6.45, 7) is -1.61. The van der Waals surface area contributed by atoms with Crippen LogP contribution in [0, 0.1) is 0 Å². The van der Waals surface area contributed by atoms with E-state index in [1.807, 2.05) is 4.98 Å². The summed E-state index contributed by atoms with van der Waals surface area (Å²) < 4.78 is 35.3. The molecule has 1 fully saturated rings. The normalized spacial score (nSPS) is 26.7. The minimum absolute atomic E-state index is 0.688. The third-order valence-electron chi connectivity index (χ3n) is 3.61. The molecule has 0 aliphatic carbocycles. The van der Waals surface area contributed by atoms with E-state index in [4.69, 9.17) is 15.6 Å². The summed E-state index contributed by atoms with van der Waals surface area (Å²) in [6, 6.07) is -0.507. The molecule has 1 amide bonds. The molecule has 5 atom stereocenters. The Hall–Kier alpha value is -2.14. The number of aromatic amines is 1. The number of amides is 1. The zero-order valence-electron chi connectivity index (χ0n) is 13.6. The van der Waals surface area contributed by atoms with Crippen molar-refractivity contribution in [3.05, 3.63) is 33.1 Å². The highest BCUT2D eigenvalue weighted by Crippen LogP contribution is 2.28. The van der Waals surface area contributed by atoms with E-state index in [9.17, 15) is 33.0 Å². The van der Waals surface area contributed by atoms with Gasteiger partial charge in [-0.3, -0.25) is 23.3 Å². The maximum Gasteiger partial charge on any atom is 0.362 e. The molecule has 1 aromatic heterocycles. The number of carbonyl (C=O) groups is 1. The SMILES string of the molecule is N[C@@H](CO)C(=O)NS(=O)(=O)OC[C@H]1O[C@@H](n2ccc(=O)[nH]c2=O)[C@H](O)[C@@H]1O. The predicted octanol–water partition coefficient (Wildman–Crippen LogP) is -5.15. The number of aliphatic hydroxyl groups is 3. The van der Waals surface area contributed by atoms with E-state index in [0.717, 1.165) is 16.8 Å². The van der Waals surface area contributed by atoms with Gasteiger partial charge < -0.3 is 25.8 Å². The average Bonchev–Trinajstić information content (AvgIpc) is 2.87. The molecule has 0 bridgehead atoms. The topological polar surface area (TPSA) is 223 Å². The van der Waals surface area contributed by atoms with Crippen LogP contribution in [-0.2, 0) is 24.0 Å². The van der Waals surface area contributed by atoms with E-state index in [-0.39, 0.29) is 0 Å². The van der Waals surface area contributed by atoms with Crippen LogP contribution in [0.2, 0.25) is 0 Å². The van der Waals surface area contributed by atoms with Crippen LogP contribution in [0.5, 0.6) is 0 Å². The van der Waals surface area contributed by atoms with Crippen LogP contribution in [0.1, 0.15) is 6.23 Å². The van der Waals surface area contributed by atoms with Crippen molar-refractivity contribution in [1.29, 1.82) is 0 Å². The van der Waals surface area contributed by atoms with Crippen molar-refractivity contribution in [2.24, 2.45) is 5.73 Å². The summed E-state index contributed by atoms with van der Waals surface area (Å²) in [7, 11) is -4.64. The number of carbonyl (C=O) groups excluding carboxylic acids is 1. The fourth-order valence-corrected chi connectivity index (χ4v) is 2.96. The summed E-state index contributed by atoms with van der Waals surface area (Å²) in [5.74, 6) is -1.22. The molecule has 1 saturated heterocycles. The Kier molecular flexibility index (Phi) is 6.47. The third kappa shape index (κ3) is 4.98. The number of rotatable bonds is 7. The lowest BCUT2D eigenvalue weighted by molar-refractivity contribution is -0.121. The van der Waals surface area contributed by atoms with Crippen LogP contribution in [-0.4, -0.2) is 76.8 Å². The molecule has 1 aromatic rings. The number of nitrogens with one attached hydrogen (secondary N) is 2. The van der Waals surface area contributed by atoms with Crippen LogP contribution in [0.25, 0.3) is 0 Å². The number of aromatic nitrogens is 2. The zero-order chi connectivity index (χ0) is 20.4. The number of ether oxygens (including phenoxy) is 1. The first kappa shape index (κ1) is 21.2. The molecule has 0 radical (unpaired) electrons. The van der Waals surface area contributed by atoms with Gasteiger partial charge in [-0.15, -0.1) is 0 Å². The van der Waals surface area contributed by atoms with Crippen molar-refractivity contribution in [2.75, 3.05) is 13.2 Å². The summed E-state index contributed by atoms with van der Waals surface area (Å²) in [6.07, 6.45) is -5.06. The highest BCUT2D eigenvalue weighted by atomic mass is 32.2. The molecule has 27 heavy (non-hydrogen) atoms. The second kappa shape index (κ2) is 8.26. The maximum absolute atomic E-state index is 11.7. The van der Waals surface area contributed by atoms with Crippen LogP contribution in [0.4, 0.5) is 0 Å². The van der Waals surface area contributed by atoms with Gasteiger partial charge >= 0.3 is 16.0 Å². The first-order valence-corrected chi connectivity index (χ1v) is 8.87. The van der Waals surface area contributed by atoms with Crippen molar-refractivity contribution in [3.8, 4) is 0 Å². The number of aliphatic hydroxyl groups excluding tert-OH is 3. The van der Waals surface area contributed by atoms with E-state index in [0.29, 0.717) is 0 Å². The molecule has 14 nitrogen and oxygen atoms in total. The molecule has 0 spiro atoms. The maximum atomic E-state index is 11.7. The van der Waals surface area contributed by atoms with E-state index < -0.39 is 71.3 Å². The first-order chi connectivity index (χ1) is 12.6. The second-order valence-electron chi connectivity index (χ2n) is 5.56. The van der Waals surface area contributed by atoms with Gasteiger partial charge in [-0.25, -0.2) is 9.52 Å². The monoisotopic (exact) mass is 410 g/mol. The van der Waals surface area contributed by atoms with Gasteiger partial charge in [0, 0.05) is 12.3 Å². The fraction of sp³-hybridized carbons (Fsp3) is 0.583. The van der Waals surface area contributed by atoms with E-state index in [1.165, 1.54) is 4.72 Å². The highest BCUT2D eigenvalue weighted by molar-refractivity contribution is 7.85. The Bertz CT molecular complexity index is 896. The number of hydrogen-bond acceptors (Lipinski definition) is 11. The number of H-pyrrole nitrogens is 1. The fourth-order valence-electron chi connectivity index (χ4n) is 2.19. The van der Waals surface area contributed by atoms with Crippen LogP contribution >= 0.6 is 0 Å². The van der Waals surface area contributed by atoms with Gasteiger partial charge in [-0.05, 0) is 0 Å². The van der Waals surface area contributed by atoms with Crippen LogP contribution < -0.4 is 21.7 Å². The predicted molar refractivity (Wildman–Crippen MR) is 85.3 cm³/mol. The van der Waals surface area contributed by atoms with Crippen molar-refractivity contribution < 1.29 is 37.5 Å². The summed E-state index contributed by atoms with van der Waals surface area (Å²) >= 11 is 0. The molecule has 0 aromatic carbocycles. The molecule has 0 unspecified atom stereocenters. The molecule has 1 aliphatic heterocycles. The second-order valence-corrected chi connectivity index (χ2v) is 6.91. The van der Waals surface area contributed by atoms with Crippen molar-refractivity contribution in [2.45, 2.75) is 30.6 Å². The number of hydrogen-bond donors (Lipinski definition) is 6. The lowest BCUT2D eigenvalue weighted by Gasteiger charge is -2.16. The smallest absolute Gasteiger partial charge is 0.362 e. The standard InChI is InChI=1S/C12H18N4O10S/c13-5(3-17)10(21)15-27(23,24)25-4-6-8(19)9(20)11(26-6)16-2-1-7(18)14-12(16)22/h1-2,5-6,8-9,11,17,19-20H,3-4,13H2,(H,15,21)(H,14,18,22)/t5-,6+,8+,9+,11+/m0/s1.